The average molecular weight is 349 g/mol. The molecule has 0 bridgehead atoms. The zero-order chi connectivity index (χ0) is 17.9. The maximum Gasteiger partial charge on any atom is 0.238 e. The van der Waals surface area contributed by atoms with Crippen LogP contribution in [0.15, 0.2) is 40.4 Å². The van der Waals surface area contributed by atoms with E-state index in [-0.39, 0.29) is 23.3 Å². The van der Waals surface area contributed by atoms with Crippen molar-refractivity contribution in [1.82, 2.24) is 4.98 Å². The van der Waals surface area contributed by atoms with Crippen molar-refractivity contribution in [2.45, 2.75) is 31.4 Å². The topological polar surface area (TPSA) is 126 Å². The highest BCUT2D eigenvalue weighted by Crippen LogP contribution is 2.24. The van der Waals surface area contributed by atoms with Gasteiger partial charge >= 0.3 is 0 Å². The van der Waals surface area contributed by atoms with Crippen LogP contribution in [0, 0.1) is 6.92 Å². The Kier molecular flexibility index (Phi) is 5.33. The number of aliphatic hydroxyl groups excluding tert-OH is 1. The Balaban J connectivity index is 2.28. The van der Waals surface area contributed by atoms with Crippen LogP contribution in [0.4, 0.5) is 0 Å². The predicted molar refractivity (Wildman–Crippen MR) is 90.4 cm³/mol. The minimum Gasteiger partial charge on any atom is -0.505 e. The first-order chi connectivity index (χ1) is 11.2. The number of pyridine rings is 1. The fraction of sp³-hybridized carbons (Fsp3) is 0.250. The average Bonchev–Trinajstić information content (AvgIpc) is 2.55. The normalized spacial score (nSPS) is 13.3. The highest BCUT2D eigenvalue weighted by molar-refractivity contribution is 7.89. The summed E-state index contributed by atoms with van der Waals surface area (Å²) >= 11 is 0. The van der Waals surface area contributed by atoms with Crippen molar-refractivity contribution in [3.63, 3.8) is 0 Å². The quantitative estimate of drug-likeness (QED) is 0.704. The molecule has 128 valence electrons. The van der Waals surface area contributed by atoms with Gasteiger partial charge in [-0.2, -0.15) is 0 Å². The minimum atomic E-state index is -3.73. The molecular weight excluding hydrogens is 330 g/mol. The molecule has 0 aliphatic carbocycles. The molecule has 1 aromatic heterocycles. The highest BCUT2D eigenvalue weighted by atomic mass is 32.2. The molecule has 0 aliphatic heterocycles. The van der Waals surface area contributed by atoms with E-state index in [0.717, 1.165) is 5.56 Å². The fourth-order valence-corrected chi connectivity index (χ4v) is 2.65. The lowest BCUT2D eigenvalue weighted by Crippen LogP contribution is -2.12. The number of nitrogens with zero attached hydrogens (tertiary/aromatic N) is 2. The maximum atomic E-state index is 11.3. The highest BCUT2D eigenvalue weighted by Gasteiger charge is 2.11. The lowest BCUT2D eigenvalue weighted by Gasteiger charge is -2.10. The smallest absolute Gasteiger partial charge is 0.238 e. The standard InChI is InChI=1S/C16H19N3O4S/c1-10(12-3-5-14(6-4-12)24(17,22)23)19-8-15-13(9-20)7-18-11(2)16(15)21/h3-8,10,20-21H,9H2,1-2H3,(H2,17,22,23)/t10-/m1/s1. The van der Waals surface area contributed by atoms with Crippen molar-refractivity contribution < 1.29 is 18.6 Å². The number of rotatable bonds is 5. The zero-order valence-corrected chi connectivity index (χ0v) is 14.2. The third kappa shape index (κ3) is 3.97. The lowest BCUT2D eigenvalue weighted by atomic mass is 10.1. The Bertz CT molecular complexity index is 862. The summed E-state index contributed by atoms with van der Waals surface area (Å²) < 4.78 is 22.5. The number of hydrogen-bond donors (Lipinski definition) is 3. The van der Waals surface area contributed by atoms with Gasteiger partial charge in [-0.25, -0.2) is 13.6 Å². The molecule has 0 aliphatic rings. The summed E-state index contributed by atoms with van der Waals surface area (Å²) in [5, 5.41) is 24.5. The van der Waals surface area contributed by atoms with Crippen LogP contribution in [0.5, 0.6) is 5.75 Å². The molecule has 24 heavy (non-hydrogen) atoms. The molecule has 1 heterocycles. The van der Waals surface area contributed by atoms with E-state index in [4.69, 9.17) is 5.14 Å². The van der Waals surface area contributed by atoms with Gasteiger partial charge in [0.1, 0.15) is 5.75 Å². The van der Waals surface area contributed by atoms with Gasteiger partial charge < -0.3 is 10.2 Å². The largest absolute Gasteiger partial charge is 0.505 e. The number of aliphatic imine (C=N–C) groups is 1. The molecule has 0 amide bonds. The third-order valence-corrected chi connectivity index (χ3v) is 4.58. The first-order valence-corrected chi connectivity index (χ1v) is 8.73. The summed E-state index contributed by atoms with van der Waals surface area (Å²) in [7, 11) is -3.73. The predicted octanol–water partition coefficient (Wildman–Crippen LogP) is 1.42. The number of aromatic hydroxyl groups is 1. The van der Waals surface area contributed by atoms with Crippen molar-refractivity contribution in [2.24, 2.45) is 10.1 Å². The van der Waals surface area contributed by atoms with Gasteiger partial charge in [-0.05, 0) is 31.5 Å². The number of aryl methyl sites for hydroxylation is 1. The Morgan fingerprint density at radius 3 is 2.50 bits per heavy atom. The van der Waals surface area contributed by atoms with Gasteiger partial charge in [0.2, 0.25) is 10.0 Å². The van der Waals surface area contributed by atoms with Gasteiger partial charge in [0.25, 0.3) is 0 Å². The molecule has 0 saturated carbocycles. The summed E-state index contributed by atoms with van der Waals surface area (Å²) in [6, 6.07) is 5.82. The van der Waals surface area contributed by atoms with Crippen LogP contribution in [-0.4, -0.2) is 29.8 Å². The molecular formula is C16H19N3O4S. The first kappa shape index (κ1) is 18.1. The molecule has 8 heteroatoms. The van der Waals surface area contributed by atoms with E-state index in [1.165, 1.54) is 24.5 Å². The van der Waals surface area contributed by atoms with Crippen LogP contribution in [-0.2, 0) is 16.6 Å². The van der Waals surface area contributed by atoms with E-state index < -0.39 is 10.0 Å². The molecule has 7 nitrogen and oxygen atoms in total. The fourth-order valence-electron chi connectivity index (χ4n) is 2.13. The van der Waals surface area contributed by atoms with Crippen molar-refractivity contribution in [3.05, 3.63) is 52.8 Å². The number of sulfonamides is 1. The van der Waals surface area contributed by atoms with Crippen molar-refractivity contribution in [1.29, 1.82) is 0 Å². The van der Waals surface area contributed by atoms with E-state index in [1.807, 2.05) is 6.92 Å². The Labute approximate surface area is 140 Å². The van der Waals surface area contributed by atoms with Gasteiger partial charge in [-0.3, -0.25) is 9.98 Å². The van der Waals surface area contributed by atoms with Crippen LogP contribution >= 0.6 is 0 Å². The number of nitrogens with two attached hydrogens (primary N) is 1. The lowest BCUT2D eigenvalue weighted by molar-refractivity contribution is 0.280. The zero-order valence-electron chi connectivity index (χ0n) is 13.3. The monoisotopic (exact) mass is 349 g/mol. The van der Waals surface area contributed by atoms with E-state index in [0.29, 0.717) is 16.8 Å². The Morgan fingerprint density at radius 1 is 1.33 bits per heavy atom. The number of aliphatic hydroxyl groups is 1. The summed E-state index contributed by atoms with van der Waals surface area (Å²) in [6.45, 7) is 3.22. The molecule has 0 unspecified atom stereocenters. The van der Waals surface area contributed by atoms with Crippen molar-refractivity contribution >= 4 is 16.2 Å². The molecule has 0 fully saturated rings. The third-order valence-electron chi connectivity index (χ3n) is 3.65. The van der Waals surface area contributed by atoms with Gasteiger partial charge in [0, 0.05) is 23.5 Å². The molecule has 1 atom stereocenters. The second-order valence-corrected chi connectivity index (χ2v) is 6.92. The van der Waals surface area contributed by atoms with Crippen LogP contribution < -0.4 is 5.14 Å². The number of primary sulfonamides is 1. The van der Waals surface area contributed by atoms with Crippen LogP contribution in [0.3, 0.4) is 0 Å². The van der Waals surface area contributed by atoms with Crippen molar-refractivity contribution in [2.75, 3.05) is 0 Å². The molecule has 2 aromatic rings. The first-order valence-electron chi connectivity index (χ1n) is 7.18. The van der Waals surface area contributed by atoms with Gasteiger partial charge in [0.15, 0.2) is 0 Å². The second-order valence-electron chi connectivity index (χ2n) is 5.36. The van der Waals surface area contributed by atoms with E-state index >= 15 is 0 Å². The number of hydrogen-bond acceptors (Lipinski definition) is 6. The molecule has 1 aromatic carbocycles. The van der Waals surface area contributed by atoms with E-state index in [1.54, 1.807) is 19.1 Å². The molecule has 2 rings (SSSR count). The van der Waals surface area contributed by atoms with Gasteiger partial charge in [0.05, 0.1) is 23.2 Å². The molecule has 0 spiro atoms. The van der Waals surface area contributed by atoms with Crippen molar-refractivity contribution in [3.8, 4) is 5.75 Å². The Morgan fingerprint density at radius 2 is 1.96 bits per heavy atom. The van der Waals surface area contributed by atoms with E-state index in [2.05, 4.69) is 9.98 Å². The molecule has 4 N–H and O–H groups in total. The van der Waals surface area contributed by atoms with Crippen LogP contribution in [0.2, 0.25) is 0 Å². The summed E-state index contributed by atoms with van der Waals surface area (Å²) in [4.78, 5) is 8.38. The van der Waals surface area contributed by atoms with Gasteiger partial charge in [-0.1, -0.05) is 12.1 Å². The molecule has 0 saturated heterocycles. The Hall–Kier alpha value is -2.29. The van der Waals surface area contributed by atoms with Crippen LogP contribution in [0.25, 0.3) is 0 Å². The maximum absolute atomic E-state index is 11.3. The molecule has 0 radical (unpaired) electrons. The second kappa shape index (κ2) is 7.08. The van der Waals surface area contributed by atoms with Gasteiger partial charge in [-0.15, -0.1) is 0 Å². The number of benzene rings is 1. The minimum absolute atomic E-state index is 0.0259. The van der Waals surface area contributed by atoms with Crippen LogP contribution in [0.1, 0.15) is 35.3 Å². The summed E-state index contributed by atoms with van der Waals surface area (Å²) in [5.41, 5.74) is 2.12. The number of aromatic nitrogens is 1. The summed E-state index contributed by atoms with van der Waals surface area (Å²) in [5.74, 6) is -0.0259. The summed E-state index contributed by atoms with van der Waals surface area (Å²) in [6.07, 6.45) is 2.97. The SMILES string of the molecule is Cc1ncc(CO)c(C=N[C@H](C)c2ccc(S(N)(=O)=O)cc2)c1O. The van der Waals surface area contributed by atoms with E-state index in [9.17, 15) is 18.6 Å².